The van der Waals surface area contributed by atoms with Gasteiger partial charge in [0.2, 0.25) is 0 Å². The first kappa shape index (κ1) is 10.5. The van der Waals surface area contributed by atoms with Gasteiger partial charge in [-0.05, 0) is 0 Å². The normalized spacial score (nSPS) is 10.8. The second-order valence-corrected chi connectivity index (χ2v) is 2.68. The predicted octanol–water partition coefficient (Wildman–Crippen LogP) is 1.51. The second kappa shape index (κ2) is 4.62. The first-order valence-corrected chi connectivity index (χ1v) is 4.12. The molecule has 0 radical (unpaired) electrons. The molecule has 3 nitrogen and oxygen atoms in total. The van der Waals surface area contributed by atoms with E-state index in [2.05, 4.69) is 0 Å². The minimum atomic E-state index is -0.538. The highest BCUT2D eigenvalue weighted by Gasteiger charge is 2.07. The van der Waals surface area contributed by atoms with E-state index in [-0.39, 0.29) is 11.5 Å². The molecule has 0 saturated carbocycles. The molecular formula is C10H12FNO2. The molecule has 0 saturated heterocycles. The summed E-state index contributed by atoms with van der Waals surface area (Å²) in [6, 6.07) is 2.23. The van der Waals surface area contributed by atoms with Gasteiger partial charge in [-0.25, -0.2) is 4.39 Å². The Balaban J connectivity index is 3.18. The van der Waals surface area contributed by atoms with Crippen molar-refractivity contribution in [1.29, 1.82) is 0 Å². The van der Waals surface area contributed by atoms with Gasteiger partial charge in [-0.1, -0.05) is 12.2 Å². The first-order valence-electron chi connectivity index (χ1n) is 4.12. The lowest BCUT2D eigenvalue weighted by Crippen LogP contribution is -1.93. The average Bonchev–Trinajstić information content (AvgIpc) is 2.15. The maximum absolute atomic E-state index is 12.8. The van der Waals surface area contributed by atoms with E-state index in [0.29, 0.717) is 12.1 Å². The number of ether oxygens (including phenoxy) is 1. The Bertz CT molecular complexity index is 350. The Kier molecular flexibility index (Phi) is 3.48. The third-order valence-electron chi connectivity index (χ3n) is 1.73. The number of hydrogen-bond acceptors (Lipinski definition) is 3. The number of rotatable bonds is 3. The molecule has 1 rings (SSSR count). The van der Waals surface area contributed by atoms with Crippen LogP contribution in [0.5, 0.6) is 11.5 Å². The van der Waals surface area contributed by atoms with Crippen molar-refractivity contribution in [3.63, 3.8) is 0 Å². The molecule has 14 heavy (non-hydrogen) atoms. The largest absolute Gasteiger partial charge is 0.507 e. The summed E-state index contributed by atoms with van der Waals surface area (Å²) < 4.78 is 17.7. The van der Waals surface area contributed by atoms with Crippen LogP contribution in [0, 0.1) is 5.82 Å². The molecule has 0 atom stereocenters. The van der Waals surface area contributed by atoms with E-state index >= 15 is 0 Å². The monoisotopic (exact) mass is 197 g/mol. The molecular weight excluding hydrogens is 185 g/mol. The van der Waals surface area contributed by atoms with E-state index in [1.54, 1.807) is 12.2 Å². The zero-order valence-electron chi connectivity index (χ0n) is 7.83. The topological polar surface area (TPSA) is 55.5 Å². The molecule has 0 aromatic heterocycles. The summed E-state index contributed by atoms with van der Waals surface area (Å²) in [4.78, 5) is 0. The number of benzene rings is 1. The maximum Gasteiger partial charge on any atom is 0.132 e. The fourth-order valence-electron chi connectivity index (χ4n) is 1.10. The third kappa shape index (κ3) is 2.23. The fraction of sp³-hybridized carbons (Fsp3) is 0.200. The molecule has 1 aromatic rings. The smallest absolute Gasteiger partial charge is 0.132 e. The van der Waals surface area contributed by atoms with Gasteiger partial charge >= 0.3 is 0 Å². The van der Waals surface area contributed by atoms with Crippen LogP contribution in [0.1, 0.15) is 5.56 Å². The van der Waals surface area contributed by atoms with Gasteiger partial charge in [-0.2, -0.15) is 0 Å². The fourth-order valence-corrected chi connectivity index (χ4v) is 1.10. The Morgan fingerprint density at radius 1 is 1.57 bits per heavy atom. The Morgan fingerprint density at radius 3 is 2.86 bits per heavy atom. The summed E-state index contributed by atoms with van der Waals surface area (Å²) >= 11 is 0. The molecule has 0 fully saturated rings. The quantitative estimate of drug-likeness (QED) is 0.772. The number of phenolic OH excluding ortho intramolecular Hbond substituents is 1. The van der Waals surface area contributed by atoms with Crippen LogP contribution in [0.4, 0.5) is 4.39 Å². The van der Waals surface area contributed by atoms with Crippen LogP contribution in [-0.4, -0.2) is 18.8 Å². The molecule has 0 aliphatic carbocycles. The number of methoxy groups -OCH3 is 1. The number of phenols is 1. The molecule has 4 heteroatoms. The Morgan fingerprint density at radius 2 is 2.29 bits per heavy atom. The van der Waals surface area contributed by atoms with Gasteiger partial charge in [0.25, 0.3) is 0 Å². The summed E-state index contributed by atoms with van der Waals surface area (Å²) in [6.07, 6.45) is 3.24. The van der Waals surface area contributed by atoms with Gasteiger partial charge in [-0.3, -0.25) is 0 Å². The highest BCUT2D eigenvalue weighted by atomic mass is 19.1. The molecule has 0 heterocycles. The molecule has 0 amide bonds. The van der Waals surface area contributed by atoms with Crippen molar-refractivity contribution in [2.75, 3.05) is 13.7 Å². The summed E-state index contributed by atoms with van der Waals surface area (Å²) in [5.41, 5.74) is 5.69. The zero-order chi connectivity index (χ0) is 10.6. The van der Waals surface area contributed by atoms with Gasteiger partial charge in [0.1, 0.15) is 17.3 Å². The van der Waals surface area contributed by atoms with Gasteiger partial charge in [-0.15, -0.1) is 0 Å². The minimum Gasteiger partial charge on any atom is -0.507 e. The van der Waals surface area contributed by atoms with E-state index < -0.39 is 5.82 Å². The van der Waals surface area contributed by atoms with Gasteiger partial charge < -0.3 is 15.6 Å². The van der Waals surface area contributed by atoms with E-state index in [0.717, 1.165) is 6.07 Å². The van der Waals surface area contributed by atoms with E-state index in [1.165, 1.54) is 13.2 Å². The SMILES string of the molecule is COc1cc(F)cc(O)c1/C=C/CN. The number of aromatic hydroxyl groups is 1. The summed E-state index contributed by atoms with van der Waals surface area (Å²) in [7, 11) is 1.41. The lowest BCUT2D eigenvalue weighted by molar-refractivity contribution is 0.401. The first-order chi connectivity index (χ1) is 6.69. The molecule has 0 spiro atoms. The van der Waals surface area contributed by atoms with Crippen molar-refractivity contribution in [2.24, 2.45) is 5.73 Å². The number of hydrogen-bond donors (Lipinski definition) is 2. The van der Waals surface area contributed by atoms with Crippen LogP contribution in [0.3, 0.4) is 0 Å². The van der Waals surface area contributed by atoms with Crippen molar-refractivity contribution in [3.05, 3.63) is 29.6 Å². The Labute approximate surface area is 81.6 Å². The van der Waals surface area contributed by atoms with Crippen molar-refractivity contribution in [2.45, 2.75) is 0 Å². The van der Waals surface area contributed by atoms with Crippen LogP contribution < -0.4 is 10.5 Å². The Hall–Kier alpha value is -1.55. The molecule has 0 aliphatic rings. The number of nitrogens with two attached hydrogens (primary N) is 1. The van der Waals surface area contributed by atoms with Crippen LogP contribution in [-0.2, 0) is 0 Å². The molecule has 3 N–H and O–H groups in total. The molecule has 76 valence electrons. The lowest BCUT2D eigenvalue weighted by atomic mass is 10.1. The highest BCUT2D eigenvalue weighted by molar-refractivity contribution is 5.64. The van der Waals surface area contributed by atoms with Crippen LogP contribution in [0.25, 0.3) is 6.08 Å². The van der Waals surface area contributed by atoms with Crippen LogP contribution in [0.2, 0.25) is 0 Å². The van der Waals surface area contributed by atoms with E-state index in [1.807, 2.05) is 0 Å². The maximum atomic E-state index is 12.8. The van der Waals surface area contributed by atoms with Crippen molar-refractivity contribution in [1.82, 2.24) is 0 Å². The number of halogens is 1. The van der Waals surface area contributed by atoms with Gasteiger partial charge in [0, 0.05) is 18.7 Å². The van der Waals surface area contributed by atoms with Crippen molar-refractivity contribution >= 4 is 6.08 Å². The second-order valence-electron chi connectivity index (χ2n) is 2.68. The highest BCUT2D eigenvalue weighted by Crippen LogP contribution is 2.30. The van der Waals surface area contributed by atoms with E-state index in [9.17, 15) is 9.50 Å². The van der Waals surface area contributed by atoms with Gasteiger partial charge in [0.05, 0.1) is 12.7 Å². The third-order valence-corrected chi connectivity index (χ3v) is 1.73. The van der Waals surface area contributed by atoms with Gasteiger partial charge in [0.15, 0.2) is 0 Å². The molecule has 1 aromatic carbocycles. The lowest BCUT2D eigenvalue weighted by Gasteiger charge is -2.06. The van der Waals surface area contributed by atoms with Crippen LogP contribution in [0.15, 0.2) is 18.2 Å². The molecule has 0 aliphatic heterocycles. The molecule has 0 unspecified atom stereocenters. The van der Waals surface area contributed by atoms with Crippen molar-refractivity contribution < 1.29 is 14.2 Å². The summed E-state index contributed by atoms with van der Waals surface area (Å²) in [5.74, 6) is -0.414. The van der Waals surface area contributed by atoms with Crippen LogP contribution >= 0.6 is 0 Å². The predicted molar refractivity (Wildman–Crippen MR) is 52.7 cm³/mol. The summed E-state index contributed by atoms with van der Waals surface area (Å²) in [6.45, 7) is 0.347. The minimum absolute atomic E-state index is 0.161. The van der Waals surface area contributed by atoms with Crippen molar-refractivity contribution in [3.8, 4) is 11.5 Å². The van der Waals surface area contributed by atoms with E-state index in [4.69, 9.17) is 10.5 Å². The summed E-state index contributed by atoms with van der Waals surface area (Å²) in [5, 5.41) is 9.42. The standard InChI is InChI=1S/C10H12FNO2/c1-14-10-6-7(11)5-9(13)8(10)3-2-4-12/h2-3,5-6,13H,4,12H2,1H3/b3-2+. The molecule has 0 bridgehead atoms. The zero-order valence-corrected chi connectivity index (χ0v) is 7.83. The average molecular weight is 197 g/mol.